The van der Waals surface area contributed by atoms with Gasteiger partial charge in [0.05, 0.1) is 5.56 Å². The summed E-state index contributed by atoms with van der Waals surface area (Å²) in [5.74, 6) is -0.740. The average molecular weight is 490 g/mol. The Morgan fingerprint density at radius 1 is 1.03 bits per heavy atom. The molecule has 0 saturated heterocycles. The molecule has 0 amide bonds. The van der Waals surface area contributed by atoms with Crippen molar-refractivity contribution in [1.29, 1.82) is 0 Å². The van der Waals surface area contributed by atoms with Crippen molar-refractivity contribution in [1.82, 2.24) is 0 Å². The van der Waals surface area contributed by atoms with Crippen molar-refractivity contribution in [2.45, 2.75) is 83.6 Å². The number of aryl methyl sites for hydroxylation is 1. The van der Waals surface area contributed by atoms with E-state index in [1.807, 2.05) is 30.6 Å². The summed E-state index contributed by atoms with van der Waals surface area (Å²) in [6, 6.07) is 8.21. The van der Waals surface area contributed by atoms with Crippen LogP contribution in [0.3, 0.4) is 0 Å². The number of aromatic nitrogens is 1. The van der Waals surface area contributed by atoms with Crippen LogP contribution < -0.4 is 15.1 Å². The Hall–Kier alpha value is -3.15. The molecule has 2 aliphatic heterocycles. The SMILES string of the molecule is CC1(C)CCN2CCC(C)(C)c3c2c1cc1cc(-c2cc[n+](CCCCCC(=O)O)cc2)c(=O)oc31. The van der Waals surface area contributed by atoms with E-state index in [2.05, 4.69) is 43.2 Å². The van der Waals surface area contributed by atoms with Crippen LogP contribution in [0.15, 0.2) is 45.9 Å². The van der Waals surface area contributed by atoms with Gasteiger partial charge in [-0.15, -0.1) is 0 Å². The van der Waals surface area contributed by atoms with E-state index in [0.29, 0.717) is 12.0 Å². The molecule has 0 saturated carbocycles. The molecule has 6 nitrogen and oxygen atoms in total. The largest absolute Gasteiger partial charge is 0.481 e. The van der Waals surface area contributed by atoms with Gasteiger partial charge in [-0.1, -0.05) is 27.7 Å². The third-order valence-corrected chi connectivity index (χ3v) is 8.24. The third-order valence-electron chi connectivity index (χ3n) is 8.24. The second-order valence-electron chi connectivity index (χ2n) is 11.8. The topological polar surface area (TPSA) is 74.6 Å². The van der Waals surface area contributed by atoms with Crippen molar-refractivity contribution < 1.29 is 18.9 Å². The van der Waals surface area contributed by atoms with E-state index in [9.17, 15) is 9.59 Å². The van der Waals surface area contributed by atoms with Gasteiger partial charge in [-0.25, -0.2) is 9.36 Å². The van der Waals surface area contributed by atoms with Crippen LogP contribution in [0.25, 0.3) is 22.1 Å². The van der Waals surface area contributed by atoms with Gasteiger partial charge in [0, 0.05) is 60.3 Å². The van der Waals surface area contributed by atoms with Gasteiger partial charge in [0.15, 0.2) is 12.4 Å². The lowest BCUT2D eigenvalue weighted by atomic mass is 9.69. The maximum absolute atomic E-state index is 13.3. The number of hydrogen-bond donors (Lipinski definition) is 1. The second kappa shape index (κ2) is 9.06. The van der Waals surface area contributed by atoms with Crippen molar-refractivity contribution in [3.63, 3.8) is 0 Å². The van der Waals surface area contributed by atoms with Gasteiger partial charge in [0.1, 0.15) is 12.1 Å². The average Bonchev–Trinajstić information content (AvgIpc) is 2.82. The zero-order valence-electron chi connectivity index (χ0n) is 21.9. The lowest BCUT2D eigenvalue weighted by Gasteiger charge is -2.48. The summed E-state index contributed by atoms with van der Waals surface area (Å²) < 4.78 is 8.20. The zero-order chi connectivity index (χ0) is 25.7. The minimum Gasteiger partial charge on any atom is -0.481 e. The van der Waals surface area contributed by atoms with Crippen LogP contribution in [0.2, 0.25) is 0 Å². The molecule has 2 aromatic heterocycles. The molecule has 4 heterocycles. The first-order valence-corrected chi connectivity index (χ1v) is 13.2. The quantitative estimate of drug-likeness (QED) is 0.267. The molecular formula is C30H37N2O4+. The molecule has 0 aliphatic carbocycles. The number of hydrogen-bond acceptors (Lipinski definition) is 4. The first-order chi connectivity index (χ1) is 17.1. The number of aliphatic carboxylic acids is 1. The van der Waals surface area contributed by atoms with Crippen molar-refractivity contribution in [3.8, 4) is 11.1 Å². The van der Waals surface area contributed by atoms with Crippen LogP contribution in [-0.4, -0.2) is 24.2 Å². The predicted octanol–water partition coefficient (Wildman–Crippen LogP) is 5.56. The van der Waals surface area contributed by atoms with Gasteiger partial charge < -0.3 is 14.4 Å². The fourth-order valence-electron chi connectivity index (χ4n) is 5.89. The highest BCUT2D eigenvalue weighted by atomic mass is 16.4. The highest BCUT2D eigenvalue weighted by molar-refractivity contribution is 5.92. The molecular weight excluding hydrogens is 452 g/mol. The molecule has 6 heteroatoms. The number of unbranched alkanes of at least 4 members (excludes halogenated alkanes) is 2. The zero-order valence-corrected chi connectivity index (χ0v) is 21.9. The molecule has 36 heavy (non-hydrogen) atoms. The van der Waals surface area contributed by atoms with Gasteiger partial charge in [0.2, 0.25) is 0 Å². The van der Waals surface area contributed by atoms with Crippen molar-refractivity contribution in [2.24, 2.45) is 0 Å². The van der Waals surface area contributed by atoms with Crippen molar-refractivity contribution >= 4 is 22.6 Å². The van der Waals surface area contributed by atoms with Gasteiger partial charge in [-0.05, 0) is 54.2 Å². The lowest BCUT2D eigenvalue weighted by Crippen LogP contribution is -2.44. The molecule has 1 aromatic carbocycles. The Morgan fingerprint density at radius 3 is 2.42 bits per heavy atom. The highest BCUT2D eigenvalue weighted by Crippen LogP contribution is 2.51. The monoisotopic (exact) mass is 489 g/mol. The fourth-order valence-corrected chi connectivity index (χ4v) is 5.89. The number of carboxylic acids is 1. The molecule has 0 fully saturated rings. The summed E-state index contributed by atoms with van der Waals surface area (Å²) in [6.07, 6.45) is 8.84. The number of pyridine rings is 1. The molecule has 1 N–H and O–H groups in total. The summed E-state index contributed by atoms with van der Waals surface area (Å²) in [5.41, 5.74) is 5.71. The minimum atomic E-state index is -0.740. The van der Waals surface area contributed by atoms with Crippen LogP contribution in [0.5, 0.6) is 0 Å². The second-order valence-corrected chi connectivity index (χ2v) is 11.8. The third kappa shape index (κ3) is 4.42. The number of carbonyl (C=O) groups is 1. The van der Waals surface area contributed by atoms with E-state index in [4.69, 9.17) is 9.52 Å². The highest BCUT2D eigenvalue weighted by Gasteiger charge is 2.41. The number of fused-ring (bicyclic) bond motifs is 2. The van der Waals surface area contributed by atoms with E-state index < -0.39 is 5.97 Å². The maximum Gasteiger partial charge on any atom is 0.344 e. The summed E-state index contributed by atoms with van der Waals surface area (Å²) in [7, 11) is 0. The molecule has 3 aromatic rings. The van der Waals surface area contributed by atoms with Gasteiger partial charge in [-0.2, -0.15) is 0 Å². The summed E-state index contributed by atoms with van der Waals surface area (Å²) in [5, 5.41) is 9.77. The Bertz CT molecular complexity index is 1370. The smallest absolute Gasteiger partial charge is 0.344 e. The Balaban J connectivity index is 1.51. The van der Waals surface area contributed by atoms with E-state index in [0.717, 1.165) is 61.9 Å². The maximum atomic E-state index is 13.3. The summed E-state index contributed by atoms with van der Waals surface area (Å²) in [4.78, 5) is 26.4. The molecule has 2 aliphatic rings. The van der Waals surface area contributed by atoms with Crippen LogP contribution in [0.4, 0.5) is 5.69 Å². The van der Waals surface area contributed by atoms with Crippen molar-refractivity contribution in [2.75, 3.05) is 18.0 Å². The van der Waals surface area contributed by atoms with Gasteiger partial charge in [0.25, 0.3) is 0 Å². The van der Waals surface area contributed by atoms with E-state index >= 15 is 0 Å². The number of nitrogens with zero attached hydrogens (tertiary/aromatic N) is 2. The number of rotatable bonds is 7. The predicted molar refractivity (Wildman–Crippen MR) is 142 cm³/mol. The molecule has 5 rings (SSSR count). The standard InChI is InChI=1S/C30H36N2O4/c1-29(2)11-16-32-17-12-30(3,4)25-26(32)23(29)19-21-18-22(28(35)36-27(21)25)20-9-14-31(15-10-20)13-7-5-6-8-24(33)34/h9-10,14-15,18-19H,5-8,11-13,16-17H2,1-4H3/p+1. The van der Waals surface area contributed by atoms with Crippen molar-refractivity contribution in [3.05, 3.63) is 58.2 Å². The van der Waals surface area contributed by atoms with E-state index in [1.165, 1.54) is 16.8 Å². The van der Waals surface area contributed by atoms with Crippen LogP contribution in [0, 0.1) is 0 Å². The van der Waals surface area contributed by atoms with Gasteiger partial charge in [-0.3, -0.25) is 4.79 Å². The Labute approximate surface area is 212 Å². The molecule has 0 unspecified atom stereocenters. The summed E-state index contributed by atoms with van der Waals surface area (Å²) in [6.45, 7) is 12.1. The van der Waals surface area contributed by atoms with Crippen LogP contribution in [0.1, 0.15) is 77.3 Å². The van der Waals surface area contributed by atoms with E-state index in [-0.39, 0.29) is 22.9 Å². The van der Waals surface area contributed by atoms with Crippen LogP contribution >= 0.6 is 0 Å². The first-order valence-electron chi connectivity index (χ1n) is 13.2. The van der Waals surface area contributed by atoms with Crippen LogP contribution in [-0.2, 0) is 22.2 Å². The molecule has 0 bridgehead atoms. The number of anilines is 1. The molecule has 0 atom stereocenters. The van der Waals surface area contributed by atoms with E-state index in [1.54, 1.807) is 0 Å². The molecule has 0 spiro atoms. The minimum absolute atomic E-state index is 0.0618. The lowest BCUT2D eigenvalue weighted by molar-refractivity contribution is -0.697. The summed E-state index contributed by atoms with van der Waals surface area (Å²) >= 11 is 0. The Kier molecular flexibility index (Phi) is 6.17. The Morgan fingerprint density at radius 2 is 1.72 bits per heavy atom. The number of benzene rings is 1. The normalized spacial score (nSPS) is 17.7. The molecule has 190 valence electrons. The number of carboxylic acid groups (broad SMARTS) is 1. The van der Waals surface area contributed by atoms with Gasteiger partial charge >= 0.3 is 11.6 Å². The fraction of sp³-hybridized carbons (Fsp3) is 0.500. The first kappa shape index (κ1) is 24.5. The molecule has 0 radical (unpaired) electrons.